The molecule has 1 saturated heterocycles. The third-order valence-electron chi connectivity index (χ3n) is 3.77. The molecule has 2 N–H and O–H groups in total. The van der Waals surface area contributed by atoms with Crippen LogP contribution in [0.2, 0.25) is 0 Å². The van der Waals surface area contributed by atoms with Gasteiger partial charge >= 0.3 is 5.97 Å². The summed E-state index contributed by atoms with van der Waals surface area (Å²) >= 11 is 0. The average molecular weight is 288 g/mol. The monoisotopic (exact) mass is 288 g/mol. The van der Waals surface area contributed by atoms with Crippen LogP contribution in [0.1, 0.15) is 12.5 Å². The number of ether oxygens (including phenoxy) is 1. The fourth-order valence-corrected chi connectivity index (χ4v) is 2.17. The lowest BCUT2D eigenvalue weighted by Gasteiger charge is -2.29. The lowest BCUT2D eigenvalue weighted by Crippen LogP contribution is -2.53. The first-order valence-electron chi connectivity index (χ1n) is 6.39. The van der Waals surface area contributed by atoms with Gasteiger partial charge in [0.25, 0.3) is 0 Å². The summed E-state index contributed by atoms with van der Waals surface area (Å²) in [6, 6.07) is 8.34. The van der Waals surface area contributed by atoms with E-state index in [0.717, 1.165) is 6.08 Å². The Bertz CT molecular complexity index is 619. The molecular weight excluding hydrogens is 272 g/mol. The van der Waals surface area contributed by atoms with Crippen LogP contribution >= 0.6 is 0 Å². The number of hydrogen-bond donors (Lipinski definition) is 2. The van der Waals surface area contributed by atoms with E-state index in [9.17, 15) is 19.8 Å². The molecule has 2 atom stereocenters. The SMILES string of the molecule is C=C[C@@]1(C)COC(=O)[C@@]1(O)C(=O)C=C(O)c1ccccc1. The number of aliphatic hydroxyl groups is 2. The molecule has 0 aromatic heterocycles. The minimum atomic E-state index is -2.38. The molecule has 0 spiro atoms. The molecule has 0 aliphatic carbocycles. The molecule has 1 aliphatic heterocycles. The van der Waals surface area contributed by atoms with Crippen LogP contribution < -0.4 is 0 Å². The number of rotatable bonds is 4. The summed E-state index contributed by atoms with van der Waals surface area (Å²) in [6.07, 6.45) is 2.15. The van der Waals surface area contributed by atoms with Crippen molar-refractivity contribution in [1.29, 1.82) is 0 Å². The van der Waals surface area contributed by atoms with Gasteiger partial charge in [0.05, 0.1) is 5.41 Å². The van der Waals surface area contributed by atoms with Crippen LogP contribution in [0.25, 0.3) is 5.76 Å². The quantitative estimate of drug-likeness (QED) is 0.289. The van der Waals surface area contributed by atoms with Gasteiger partial charge in [0.1, 0.15) is 12.4 Å². The second-order valence-corrected chi connectivity index (χ2v) is 5.17. The molecular formula is C16H16O5. The summed E-state index contributed by atoms with van der Waals surface area (Å²) in [5.74, 6) is -2.30. The van der Waals surface area contributed by atoms with E-state index in [1.54, 1.807) is 30.3 Å². The molecule has 0 radical (unpaired) electrons. The van der Waals surface area contributed by atoms with E-state index in [1.165, 1.54) is 13.0 Å². The van der Waals surface area contributed by atoms with Gasteiger partial charge in [0.2, 0.25) is 11.4 Å². The highest BCUT2D eigenvalue weighted by atomic mass is 16.6. The molecule has 0 bridgehead atoms. The molecule has 1 heterocycles. The molecule has 0 unspecified atom stereocenters. The fourth-order valence-electron chi connectivity index (χ4n) is 2.17. The minimum Gasteiger partial charge on any atom is -0.507 e. The van der Waals surface area contributed by atoms with Crippen LogP contribution in [-0.2, 0) is 14.3 Å². The molecule has 0 saturated carbocycles. The molecule has 1 aromatic carbocycles. The zero-order valence-corrected chi connectivity index (χ0v) is 11.6. The highest BCUT2D eigenvalue weighted by molar-refractivity contribution is 6.16. The smallest absolute Gasteiger partial charge is 0.347 e. The van der Waals surface area contributed by atoms with E-state index in [0.29, 0.717) is 5.56 Å². The van der Waals surface area contributed by atoms with Gasteiger partial charge in [-0.15, -0.1) is 6.58 Å². The normalized spacial score (nSPS) is 29.0. The Balaban J connectivity index is 2.39. The van der Waals surface area contributed by atoms with Gasteiger partial charge in [-0.3, -0.25) is 4.79 Å². The number of ketones is 1. The van der Waals surface area contributed by atoms with E-state index < -0.39 is 22.8 Å². The first kappa shape index (κ1) is 15.0. The molecule has 2 rings (SSSR count). The second-order valence-electron chi connectivity index (χ2n) is 5.17. The van der Waals surface area contributed by atoms with E-state index in [2.05, 4.69) is 6.58 Å². The Morgan fingerprint density at radius 2 is 2.00 bits per heavy atom. The second kappa shape index (κ2) is 5.18. The van der Waals surface area contributed by atoms with Crippen molar-refractivity contribution in [3.8, 4) is 0 Å². The molecule has 0 amide bonds. The number of benzene rings is 1. The molecule has 5 nitrogen and oxygen atoms in total. The standard InChI is InChI=1S/C16H16O5/c1-3-15(2)10-21-14(19)16(15,20)13(18)9-12(17)11-7-5-4-6-8-11/h3-9,17,20H,1,10H2,2H3/t15-,16-/m0/s1. The van der Waals surface area contributed by atoms with Crippen LogP contribution in [0.5, 0.6) is 0 Å². The Morgan fingerprint density at radius 1 is 1.38 bits per heavy atom. The first-order chi connectivity index (χ1) is 9.85. The zero-order chi connectivity index (χ0) is 15.7. The lowest BCUT2D eigenvalue weighted by molar-refractivity contribution is -0.160. The predicted molar refractivity (Wildman–Crippen MR) is 76.3 cm³/mol. The van der Waals surface area contributed by atoms with Crippen LogP contribution in [0.3, 0.4) is 0 Å². The molecule has 110 valence electrons. The topological polar surface area (TPSA) is 83.8 Å². The molecule has 5 heteroatoms. The Kier molecular flexibility index (Phi) is 3.70. The maximum atomic E-state index is 12.3. The van der Waals surface area contributed by atoms with Gasteiger partial charge in [-0.05, 0) is 6.92 Å². The number of cyclic esters (lactones) is 1. The number of carbonyl (C=O) groups excluding carboxylic acids is 2. The van der Waals surface area contributed by atoms with Gasteiger partial charge in [0.15, 0.2) is 0 Å². The van der Waals surface area contributed by atoms with Crippen molar-refractivity contribution in [2.75, 3.05) is 6.61 Å². The number of hydrogen-bond acceptors (Lipinski definition) is 5. The minimum absolute atomic E-state index is 0.141. The third kappa shape index (κ3) is 2.25. The van der Waals surface area contributed by atoms with Crippen molar-refractivity contribution < 1.29 is 24.5 Å². The van der Waals surface area contributed by atoms with Crippen molar-refractivity contribution in [3.63, 3.8) is 0 Å². The van der Waals surface area contributed by atoms with Crippen molar-refractivity contribution in [2.45, 2.75) is 12.5 Å². The van der Waals surface area contributed by atoms with Crippen molar-refractivity contribution in [2.24, 2.45) is 5.41 Å². The van der Waals surface area contributed by atoms with E-state index in [-0.39, 0.29) is 12.4 Å². The molecule has 1 aromatic rings. The third-order valence-corrected chi connectivity index (χ3v) is 3.77. The van der Waals surface area contributed by atoms with Crippen LogP contribution in [0.15, 0.2) is 49.1 Å². The van der Waals surface area contributed by atoms with Crippen LogP contribution in [-0.4, -0.2) is 34.2 Å². The highest BCUT2D eigenvalue weighted by Crippen LogP contribution is 2.41. The van der Waals surface area contributed by atoms with E-state index in [1.807, 2.05) is 0 Å². The van der Waals surface area contributed by atoms with Crippen molar-refractivity contribution in [3.05, 3.63) is 54.6 Å². The Labute approximate surface area is 122 Å². The van der Waals surface area contributed by atoms with E-state index >= 15 is 0 Å². The first-order valence-corrected chi connectivity index (χ1v) is 6.39. The summed E-state index contributed by atoms with van der Waals surface area (Å²) in [5.41, 5.74) is -3.22. The lowest BCUT2D eigenvalue weighted by atomic mass is 9.73. The maximum Gasteiger partial charge on any atom is 0.347 e. The summed E-state index contributed by atoms with van der Waals surface area (Å²) in [5, 5.41) is 20.4. The Hall–Kier alpha value is -2.40. The fraction of sp³-hybridized carbons (Fsp3) is 0.250. The van der Waals surface area contributed by atoms with Crippen LogP contribution in [0, 0.1) is 5.41 Å². The van der Waals surface area contributed by atoms with E-state index in [4.69, 9.17) is 4.74 Å². The highest BCUT2D eigenvalue weighted by Gasteiger charge is 2.62. The van der Waals surface area contributed by atoms with Crippen LogP contribution in [0.4, 0.5) is 0 Å². The maximum absolute atomic E-state index is 12.3. The number of carbonyl (C=O) groups is 2. The van der Waals surface area contributed by atoms with Gasteiger partial charge in [0, 0.05) is 11.6 Å². The van der Waals surface area contributed by atoms with Crippen molar-refractivity contribution in [1.82, 2.24) is 0 Å². The largest absolute Gasteiger partial charge is 0.507 e. The predicted octanol–water partition coefficient (Wildman–Crippen LogP) is 1.63. The number of esters is 1. The molecule has 1 fully saturated rings. The van der Waals surface area contributed by atoms with Gasteiger partial charge in [-0.25, -0.2) is 4.79 Å². The molecule has 1 aliphatic rings. The van der Waals surface area contributed by atoms with Gasteiger partial charge < -0.3 is 14.9 Å². The summed E-state index contributed by atoms with van der Waals surface area (Å²) in [6.45, 7) is 4.89. The zero-order valence-electron chi connectivity index (χ0n) is 11.6. The Morgan fingerprint density at radius 3 is 2.57 bits per heavy atom. The van der Waals surface area contributed by atoms with Gasteiger partial charge in [-0.1, -0.05) is 36.4 Å². The summed E-state index contributed by atoms with van der Waals surface area (Å²) in [7, 11) is 0. The summed E-state index contributed by atoms with van der Waals surface area (Å²) in [4.78, 5) is 24.1. The molecule has 21 heavy (non-hydrogen) atoms. The summed E-state index contributed by atoms with van der Waals surface area (Å²) < 4.78 is 4.79. The van der Waals surface area contributed by atoms with Crippen molar-refractivity contribution >= 4 is 17.5 Å². The van der Waals surface area contributed by atoms with Gasteiger partial charge in [-0.2, -0.15) is 0 Å². The number of aliphatic hydroxyl groups excluding tert-OH is 1. The average Bonchev–Trinajstić information content (AvgIpc) is 2.74.